The molecule has 0 saturated carbocycles. The second-order valence-corrected chi connectivity index (χ2v) is 6.29. The lowest BCUT2D eigenvalue weighted by molar-refractivity contribution is -0.126. The van der Waals surface area contributed by atoms with Gasteiger partial charge in [0.2, 0.25) is 5.91 Å². The zero-order valence-corrected chi connectivity index (χ0v) is 15.3. The summed E-state index contributed by atoms with van der Waals surface area (Å²) in [5, 5.41) is 3.73. The summed E-state index contributed by atoms with van der Waals surface area (Å²) in [6.07, 6.45) is 2.98. The summed E-state index contributed by atoms with van der Waals surface area (Å²) in [6, 6.07) is 6.09. The van der Waals surface area contributed by atoms with Crippen molar-refractivity contribution in [2.75, 3.05) is 26.2 Å². The first-order chi connectivity index (χ1) is 10.7. The molecule has 0 spiro atoms. The van der Waals surface area contributed by atoms with Crippen LogP contribution in [0.1, 0.15) is 30.9 Å². The van der Waals surface area contributed by atoms with Gasteiger partial charge in [0.1, 0.15) is 0 Å². The highest BCUT2D eigenvalue weighted by Gasteiger charge is 2.26. The highest BCUT2D eigenvalue weighted by atomic mass is 35.5. The zero-order valence-electron chi connectivity index (χ0n) is 13.7. The van der Waals surface area contributed by atoms with Gasteiger partial charge >= 0.3 is 0 Å². The number of carbonyl (C=O) groups excluding carboxylic acids is 1. The minimum absolute atomic E-state index is 0. The first-order valence-corrected chi connectivity index (χ1v) is 8.49. The van der Waals surface area contributed by atoms with Gasteiger partial charge in [-0.3, -0.25) is 9.69 Å². The molecule has 1 saturated heterocycles. The van der Waals surface area contributed by atoms with Crippen molar-refractivity contribution in [2.45, 2.75) is 32.7 Å². The standard InChI is InChI=1S/C17H26ClN3O.ClH/c1-2-13-5-3-7-16(18)15(13)12-21-10-4-6-14(11-21)17(22)20-9-8-19;/h3,5,7,14H,2,4,6,8-12,19H2,1H3,(H,20,22);1H. The maximum atomic E-state index is 12.1. The number of aryl methyl sites for hydroxylation is 1. The highest BCUT2D eigenvalue weighted by Crippen LogP contribution is 2.25. The molecule has 1 aliphatic rings. The Hall–Kier alpha value is -0.810. The average molecular weight is 360 g/mol. The van der Waals surface area contributed by atoms with E-state index in [-0.39, 0.29) is 24.2 Å². The third-order valence-electron chi connectivity index (χ3n) is 4.30. The number of piperidine rings is 1. The van der Waals surface area contributed by atoms with E-state index < -0.39 is 0 Å². The third-order valence-corrected chi connectivity index (χ3v) is 4.65. The summed E-state index contributed by atoms with van der Waals surface area (Å²) in [7, 11) is 0. The minimum Gasteiger partial charge on any atom is -0.355 e. The lowest BCUT2D eigenvalue weighted by Gasteiger charge is -2.32. The maximum Gasteiger partial charge on any atom is 0.224 e. The summed E-state index contributed by atoms with van der Waals surface area (Å²) in [4.78, 5) is 14.5. The molecule has 1 amide bonds. The molecular weight excluding hydrogens is 333 g/mol. The van der Waals surface area contributed by atoms with Gasteiger partial charge in [0, 0.05) is 31.2 Å². The molecule has 130 valence electrons. The molecule has 1 atom stereocenters. The molecule has 3 N–H and O–H groups in total. The third kappa shape index (κ3) is 5.64. The van der Waals surface area contributed by atoms with E-state index in [2.05, 4.69) is 23.2 Å². The molecule has 23 heavy (non-hydrogen) atoms. The average Bonchev–Trinajstić information content (AvgIpc) is 2.54. The van der Waals surface area contributed by atoms with Crippen molar-refractivity contribution in [1.82, 2.24) is 10.2 Å². The fraction of sp³-hybridized carbons (Fsp3) is 0.588. The van der Waals surface area contributed by atoms with Crippen LogP contribution in [-0.2, 0) is 17.8 Å². The number of carbonyl (C=O) groups is 1. The number of likely N-dealkylation sites (tertiary alicyclic amines) is 1. The van der Waals surface area contributed by atoms with E-state index in [0.29, 0.717) is 13.1 Å². The Morgan fingerprint density at radius 1 is 1.48 bits per heavy atom. The van der Waals surface area contributed by atoms with Crippen LogP contribution in [0.25, 0.3) is 0 Å². The number of hydrogen-bond acceptors (Lipinski definition) is 3. The summed E-state index contributed by atoms with van der Waals surface area (Å²) >= 11 is 6.38. The predicted octanol–water partition coefficient (Wildman–Crippen LogP) is 2.61. The van der Waals surface area contributed by atoms with E-state index in [9.17, 15) is 4.79 Å². The zero-order chi connectivity index (χ0) is 15.9. The number of hydrogen-bond donors (Lipinski definition) is 2. The normalized spacial score (nSPS) is 18.3. The van der Waals surface area contributed by atoms with Gasteiger partial charge in [-0.05, 0) is 43.0 Å². The Labute approximate surface area is 150 Å². The van der Waals surface area contributed by atoms with E-state index in [4.69, 9.17) is 17.3 Å². The number of rotatable bonds is 6. The number of halogens is 2. The van der Waals surface area contributed by atoms with Crippen molar-refractivity contribution in [1.29, 1.82) is 0 Å². The van der Waals surface area contributed by atoms with Crippen LogP contribution in [0, 0.1) is 5.92 Å². The number of nitrogens with two attached hydrogens (primary N) is 1. The topological polar surface area (TPSA) is 58.4 Å². The fourth-order valence-electron chi connectivity index (χ4n) is 3.09. The van der Waals surface area contributed by atoms with Gasteiger partial charge in [0.15, 0.2) is 0 Å². The smallest absolute Gasteiger partial charge is 0.224 e. The van der Waals surface area contributed by atoms with E-state index in [1.165, 1.54) is 11.1 Å². The van der Waals surface area contributed by atoms with Gasteiger partial charge in [0.25, 0.3) is 0 Å². The number of nitrogens with zero attached hydrogens (tertiary/aromatic N) is 1. The van der Waals surface area contributed by atoms with Crippen LogP contribution in [0.4, 0.5) is 0 Å². The number of amides is 1. The molecule has 1 aromatic rings. The van der Waals surface area contributed by atoms with Crippen molar-refractivity contribution >= 4 is 29.9 Å². The van der Waals surface area contributed by atoms with Crippen LogP contribution < -0.4 is 11.1 Å². The Bertz CT molecular complexity index is 511. The van der Waals surface area contributed by atoms with Gasteiger partial charge in [-0.2, -0.15) is 0 Å². The first kappa shape index (κ1) is 20.2. The second-order valence-electron chi connectivity index (χ2n) is 5.89. The Morgan fingerprint density at radius 2 is 2.26 bits per heavy atom. The molecule has 0 aliphatic carbocycles. The lowest BCUT2D eigenvalue weighted by Crippen LogP contribution is -2.43. The van der Waals surface area contributed by atoms with Crippen molar-refractivity contribution in [3.8, 4) is 0 Å². The van der Waals surface area contributed by atoms with Crippen LogP contribution >= 0.6 is 24.0 Å². The van der Waals surface area contributed by atoms with Crippen LogP contribution in [0.3, 0.4) is 0 Å². The molecule has 0 aromatic heterocycles. The van der Waals surface area contributed by atoms with E-state index in [1.54, 1.807) is 0 Å². The summed E-state index contributed by atoms with van der Waals surface area (Å²) in [5.74, 6) is 0.192. The molecule has 2 rings (SSSR count). The quantitative estimate of drug-likeness (QED) is 0.820. The molecule has 1 fully saturated rings. The van der Waals surface area contributed by atoms with Crippen LogP contribution in [0.15, 0.2) is 18.2 Å². The van der Waals surface area contributed by atoms with Gasteiger partial charge < -0.3 is 11.1 Å². The Kier molecular flexibility index (Phi) is 8.92. The van der Waals surface area contributed by atoms with Crippen molar-refractivity contribution in [3.05, 3.63) is 34.3 Å². The highest BCUT2D eigenvalue weighted by molar-refractivity contribution is 6.31. The summed E-state index contributed by atoms with van der Waals surface area (Å²) < 4.78 is 0. The molecule has 0 bridgehead atoms. The van der Waals surface area contributed by atoms with E-state index in [1.807, 2.05) is 12.1 Å². The Balaban J connectivity index is 0.00000264. The Morgan fingerprint density at radius 3 is 2.96 bits per heavy atom. The predicted molar refractivity (Wildman–Crippen MR) is 98.1 cm³/mol. The summed E-state index contributed by atoms with van der Waals surface area (Å²) in [6.45, 7) is 5.83. The molecule has 1 aromatic carbocycles. The number of benzene rings is 1. The van der Waals surface area contributed by atoms with Gasteiger partial charge in [0.05, 0.1) is 5.92 Å². The van der Waals surface area contributed by atoms with Crippen LogP contribution in [-0.4, -0.2) is 37.0 Å². The van der Waals surface area contributed by atoms with Crippen molar-refractivity contribution in [3.63, 3.8) is 0 Å². The van der Waals surface area contributed by atoms with Crippen molar-refractivity contribution < 1.29 is 4.79 Å². The maximum absolute atomic E-state index is 12.1. The largest absolute Gasteiger partial charge is 0.355 e. The molecule has 1 heterocycles. The molecule has 1 unspecified atom stereocenters. The fourth-order valence-corrected chi connectivity index (χ4v) is 3.34. The monoisotopic (exact) mass is 359 g/mol. The van der Waals surface area contributed by atoms with Crippen LogP contribution in [0.2, 0.25) is 5.02 Å². The molecule has 4 nitrogen and oxygen atoms in total. The van der Waals surface area contributed by atoms with Crippen molar-refractivity contribution in [2.24, 2.45) is 11.7 Å². The van der Waals surface area contributed by atoms with E-state index >= 15 is 0 Å². The molecular formula is C17H27Cl2N3O. The van der Waals surface area contributed by atoms with Crippen LogP contribution in [0.5, 0.6) is 0 Å². The SMILES string of the molecule is CCc1cccc(Cl)c1CN1CCCC(C(=O)NCCN)C1.Cl. The van der Waals surface area contributed by atoms with Gasteiger partial charge in [-0.15, -0.1) is 12.4 Å². The van der Waals surface area contributed by atoms with E-state index in [0.717, 1.165) is 43.9 Å². The summed E-state index contributed by atoms with van der Waals surface area (Å²) in [5.41, 5.74) is 7.94. The number of nitrogens with one attached hydrogen (secondary N) is 1. The second kappa shape index (κ2) is 10.1. The van der Waals surface area contributed by atoms with Gasteiger partial charge in [-0.1, -0.05) is 30.7 Å². The molecule has 1 aliphatic heterocycles. The van der Waals surface area contributed by atoms with Gasteiger partial charge in [-0.25, -0.2) is 0 Å². The lowest BCUT2D eigenvalue weighted by atomic mass is 9.96. The first-order valence-electron chi connectivity index (χ1n) is 8.12. The minimum atomic E-state index is 0. The molecule has 0 radical (unpaired) electrons. The molecule has 6 heteroatoms.